The minimum atomic E-state index is 0.772. The van der Waals surface area contributed by atoms with Crippen LogP contribution in [0.4, 0.5) is 0 Å². The van der Waals surface area contributed by atoms with Crippen molar-refractivity contribution in [2.45, 2.75) is 57.5 Å². The van der Waals surface area contributed by atoms with Crippen molar-refractivity contribution in [1.29, 1.82) is 0 Å². The summed E-state index contributed by atoms with van der Waals surface area (Å²) in [7, 11) is 0. The Morgan fingerprint density at radius 3 is 1.71 bits per heavy atom. The van der Waals surface area contributed by atoms with E-state index < -0.39 is 0 Å². The number of hydrogen-bond acceptors (Lipinski definition) is 1. The van der Waals surface area contributed by atoms with E-state index in [9.17, 15) is 0 Å². The molecule has 0 aromatic carbocycles. The summed E-state index contributed by atoms with van der Waals surface area (Å²) in [6, 6.07) is 1.75. The highest BCUT2D eigenvalue weighted by Gasteiger charge is 2.59. The van der Waals surface area contributed by atoms with E-state index in [1.165, 1.54) is 0 Å². The van der Waals surface area contributed by atoms with Crippen molar-refractivity contribution in [2.24, 2.45) is 23.2 Å². The summed E-state index contributed by atoms with van der Waals surface area (Å²) < 4.78 is 0. The standard InChI is InChI=1S/C13H21N/c1-8-12(14-8)13-5-9-2-10(6-13)4-11(3-9)7-13/h8-12,14H,2-7H2,1H3/t8-,9?,10?,11?,12+,13?/m0/s1. The number of hydrogen-bond donors (Lipinski definition) is 1. The lowest BCUT2D eigenvalue weighted by atomic mass is 9.48. The van der Waals surface area contributed by atoms with E-state index in [-0.39, 0.29) is 0 Å². The van der Waals surface area contributed by atoms with Crippen molar-refractivity contribution in [2.75, 3.05) is 0 Å². The molecule has 5 fully saturated rings. The highest BCUT2D eigenvalue weighted by Crippen LogP contribution is 2.63. The SMILES string of the molecule is C[C@@H]1N[C@H]1C12CC3CC(CC(C3)C1)C2. The van der Waals surface area contributed by atoms with Gasteiger partial charge in [-0.25, -0.2) is 0 Å². The van der Waals surface area contributed by atoms with Gasteiger partial charge in [-0.05, 0) is 68.6 Å². The Balaban J connectivity index is 1.68. The predicted octanol–water partition coefficient (Wildman–Crippen LogP) is 2.56. The zero-order valence-electron chi connectivity index (χ0n) is 9.13. The first-order chi connectivity index (χ1) is 6.75. The average Bonchev–Trinajstić information content (AvgIpc) is 2.80. The molecule has 4 bridgehead atoms. The summed E-state index contributed by atoms with van der Waals surface area (Å²) in [4.78, 5) is 0. The van der Waals surface area contributed by atoms with Crippen LogP contribution >= 0.6 is 0 Å². The molecule has 1 heteroatoms. The van der Waals surface area contributed by atoms with Crippen LogP contribution in [0.2, 0.25) is 0 Å². The highest BCUT2D eigenvalue weighted by atomic mass is 15.2. The van der Waals surface area contributed by atoms with Crippen LogP contribution in [0.15, 0.2) is 0 Å². The minimum Gasteiger partial charge on any atom is -0.308 e. The lowest BCUT2D eigenvalue weighted by Gasteiger charge is -2.57. The normalized spacial score (nSPS) is 64.5. The third kappa shape index (κ3) is 0.946. The summed E-state index contributed by atoms with van der Waals surface area (Å²) in [5.41, 5.74) is 0.772. The molecule has 5 aliphatic rings. The Hall–Kier alpha value is -0.0400. The van der Waals surface area contributed by atoms with E-state index in [0.717, 1.165) is 35.3 Å². The molecule has 0 aromatic rings. The van der Waals surface area contributed by atoms with Crippen molar-refractivity contribution >= 4 is 0 Å². The smallest absolute Gasteiger partial charge is 0.0278 e. The summed E-state index contributed by atoms with van der Waals surface area (Å²) in [5, 5.41) is 3.69. The van der Waals surface area contributed by atoms with Gasteiger partial charge < -0.3 is 5.32 Å². The van der Waals surface area contributed by atoms with E-state index in [0.29, 0.717) is 0 Å². The Morgan fingerprint density at radius 1 is 0.929 bits per heavy atom. The van der Waals surface area contributed by atoms with Gasteiger partial charge in [0.15, 0.2) is 0 Å². The van der Waals surface area contributed by atoms with Crippen molar-refractivity contribution in [3.63, 3.8) is 0 Å². The maximum Gasteiger partial charge on any atom is 0.0278 e. The zero-order chi connectivity index (χ0) is 9.34. The monoisotopic (exact) mass is 191 g/mol. The molecular weight excluding hydrogens is 170 g/mol. The molecule has 1 N–H and O–H groups in total. The van der Waals surface area contributed by atoms with Crippen molar-refractivity contribution in [3.8, 4) is 0 Å². The Morgan fingerprint density at radius 2 is 1.36 bits per heavy atom. The lowest BCUT2D eigenvalue weighted by Crippen LogP contribution is -2.49. The van der Waals surface area contributed by atoms with Gasteiger partial charge in [0.05, 0.1) is 0 Å². The molecule has 0 spiro atoms. The van der Waals surface area contributed by atoms with Crippen LogP contribution in [-0.4, -0.2) is 12.1 Å². The first-order valence-electron chi connectivity index (χ1n) is 6.51. The maximum absolute atomic E-state index is 3.69. The molecule has 1 nitrogen and oxygen atoms in total. The maximum atomic E-state index is 3.69. The van der Waals surface area contributed by atoms with Gasteiger partial charge in [0, 0.05) is 12.1 Å². The third-order valence-electron chi connectivity index (χ3n) is 5.58. The fraction of sp³-hybridized carbons (Fsp3) is 1.00. The quantitative estimate of drug-likeness (QED) is 0.632. The zero-order valence-corrected chi connectivity index (χ0v) is 9.13. The fourth-order valence-electron chi connectivity index (χ4n) is 5.49. The van der Waals surface area contributed by atoms with Crippen molar-refractivity contribution in [3.05, 3.63) is 0 Å². The Labute approximate surface area is 86.6 Å². The molecule has 1 aliphatic heterocycles. The second kappa shape index (κ2) is 2.37. The lowest BCUT2D eigenvalue weighted by molar-refractivity contribution is -0.0539. The van der Waals surface area contributed by atoms with Crippen molar-refractivity contribution in [1.82, 2.24) is 5.32 Å². The molecule has 1 heterocycles. The largest absolute Gasteiger partial charge is 0.308 e. The molecule has 0 amide bonds. The molecule has 2 atom stereocenters. The second-order valence-electron chi connectivity index (χ2n) is 6.71. The van der Waals surface area contributed by atoms with Gasteiger partial charge in [-0.15, -0.1) is 0 Å². The summed E-state index contributed by atoms with van der Waals surface area (Å²) >= 11 is 0. The van der Waals surface area contributed by atoms with E-state index >= 15 is 0 Å². The average molecular weight is 191 g/mol. The van der Waals surface area contributed by atoms with E-state index in [4.69, 9.17) is 0 Å². The van der Waals surface area contributed by atoms with E-state index in [2.05, 4.69) is 12.2 Å². The molecule has 0 unspecified atom stereocenters. The van der Waals surface area contributed by atoms with Gasteiger partial charge in [-0.3, -0.25) is 0 Å². The van der Waals surface area contributed by atoms with Crippen molar-refractivity contribution < 1.29 is 0 Å². The summed E-state index contributed by atoms with van der Waals surface area (Å²) in [6.45, 7) is 2.38. The molecular formula is C13H21N. The minimum absolute atomic E-state index is 0.772. The number of rotatable bonds is 1. The van der Waals surface area contributed by atoms with Gasteiger partial charge >= 0.3 is 0 Å². The van der Waals surface area contributed by atoms with Gasteiger partial charge in [0.2, 0.25) is 0 Å². The summed E-state index contributed by atoms with van der Waals surface area (Å²) in [5.74, 6) is 3.36. The molecule has 0 aromatic heterocycles. The Bertz CT molecular complexity index is 235. The fourth-order valence-corrected chi connectivity index (χ4v) is 5.49. The molecule has 14 heavy (non-hydrogen) atoms. The molecule has 0 radical (unpaired) electrons. The van der Waals surface area contributed by atoms with E-state index in [1.54, 1.807) is 38.5 Å². The van der Waals surface area contributed by atoms with Crippen LogP contribution in [0, 0.1) is 23.2 Å². The second-order valence-corrected chi connectivity index (χ2v) is 6.71. The van der Waals surface area contributed by atoms with Gasteiger partial charge in [0.25, 0.3) is 0 Å². The highest BCUT2D eigenvalue weighted by molar-refractivity contribution is 5.14. The van der Waals surface area contributed by atoms with Crippen LogP contribution in [0.1, 0.15) is 45.4 Å². The summed E-state index contributed by atoms with van der Waals surface area (Å²) in [6.07, 6.45) is 9.46. The van der Waals surface area contributed by atoms with Crippen LogP contribution in [-0.2, 0) is 0 Å². The molecule has 4 saturated carbocycles. The predicted molar refractivity (Wildman–Crippen MR) is 57.0 cm³/mol. The van der Waals surface area contributed by atoms with Crippen LogP contribution in [0.3, 0.4) is 0 Å². The molecule has 4 aliphatic carbocycles. The third-order valence-corrected chi connectivity index (χ3v) is 5.58. The van der Waals surface area contributed by atoms with Gasteiger partial charge in [-0.2, -0.15) is 0 Å². The van der Waals surface area contributed by atoms with Crippen LogP contribution < -0.4 is 5.32 Å². The molecule has 5 rings (SSSR count). The first kappa shape index (κ1) is 8.15. The Kier molecular flexibility index (Phi) is 1.38. The van der Waals surface area contributed by atoms with Gasteiger partial charge in [-0.1, -0.05) is 0 Å². The topological polar surface area (TPSA) is 21.9 Å². The van der Waals surface area contributed by atoms with Gasteiger partial charge in [0.1, 0.15) is 0 Å². The van der Waals surface area contributed by atoms with Crippen LogP contribution in [0.5, 0.6) is 0 Å². The molecule has 78 valence electrons. The molecule has 1 saturated heterocycles. The number of nitrogens with one attached hydrogen (secondary N) is 1. The first-order valence-corrected chi connectivity index (χ1v) is 6.51. The van der Waals surface area contributed by atoms with E-state index in [1.807, 2.05) is 0 Å². The van der Waals surface area contributed by atoms with Crippen LogP contribution in [0.25, 0.3) is 0 Å².